The average molecular weight is 306 g/mol. The van der Waals surface area contributed by atoms with Crippen molar-refractivity contribution in [1.82, 2.24) is 0 Å². The van der Waals surface area contributed by atoms with Crippen LogP contribution in [0, 0.1) is 5.92 Å². The lowest BCUT2D eigenvalue weighted by Crippen LogP contribution is -2.36. The Bertz CT molecular complexity index is 303. The van der Waals surface area contributed by atoms with Gasteiger partial charge in [-0.25, -0.2) is 0 Å². The van der Waals surface area contributed by atoms with Crippen molar-refractivity contribution in [3.05, 3.63) is 0 Å². The lowest BCUT2D eigenvalue weighted by atomic mass is 10.1. The molecule has 1 saturated heterocycles. The van der Waals surface area contributed by atoms with Crippen molar-refractivity contribution >= 4 is 0 Å². The molecule has 4 unspecified atom stereocenters. The van der Waals surface area contributed by atoms with E-state index in [4.69, 9.17) is 18.9 Å². The molecule has 2 fully saturated rings. The Labute approximate surface area is 129 Å². The largest absolute Gasteiger partial charge is 0.390 e. The molecule has 2 aliphatic rings. The fourth-order valence-electron chi connectivity index (χ4n) is 2.57. The molecule has 4 atom stereocenters. The van der Waals surface area contributed by atoms with Crippen molar-refractivity contribution < 1.29 is 24.1 Å². The number of methoxy groups -OCH3 is 1. The van der Waals surface area contributed by atoms with E-state index in [1.165, 1.54) is 0 Å². The van der Waals surface area contributed by atoms with Gasteiger partial charge < -0.3 is 24.1 Å². The predicted molar refractivity (Wildman–Crippen MR) is 83.1 cm³/mol. The van der Waals surface area contributed by atoms with Crippen LogP contribution in [-0.4, -0.2) is 48.7 Å². The normalized spacial score (nSPS) is 33.7. The van der Waals surface area contributed by atoms with E-state index >= 15 is 0 Å². The summed E-state index contributed by atoms with van der Waals surface area (Å²) in [7, 11) is 1.61. The second kappa shape index (κ2) is 7.88. The molecule has 1 heterocycles. The quantitative estimate of drug-likeness (QED) is 0.809. The highest BCUT2D eigenvalue weighted by Gasteiger charge is 2.53. The summed E-state index contributed by atoms with van der Waals surface area (Å²) in [5.74, 6) is -1.18. The van der Waals surface area contributed by atoms with Crippen LogP contribution in [0.4, 0.5) is 0 Å². The van der Waals surface area contributed by atoms with Crippen LogP contribution >= 0.6 is 0 Å². The highest BCUT2D eigenvalue weighted by Crippen LogP contribution is 2.41. The first kappa shape index (κ1) is 20.8. The maximum absolute atomic E-state index is 10.2. The van der Waals surface area contributed by atoms with Crippen molar-refractivity contribution in [2.75, 3.05) is 13.7 Å². The van der Waals surface area contributed by atoms with Gasteiger partial charge in [0.2, 0.25) is 0 Å². The van der Waals surface area contributed by atoms with Gasteiger partial charge in [0, 0.05) is 13.0 Å². The summed E-state index contributed by atoms with van der Waals surface area (Å²) in [5.41, 5.74) is 0. The Morgan fingerprint density at radius 1 is 1.24 bits per heavy atom. The molecule has 0 spiro atoms. The van der Waals surface area contributed by atoms with Crippen molar-refractivity contribution in [3.8, 4) is 0 Å². The topological polar surface area (TPSA) is 57.2 Å². The standard InChI is InChI=1S/C13H24O5.C2H6.CH4/c1-12(2,15-5)16-7-8-6-9-11(10(8)14)18-13(3,4)17-9;1-2;/h8-11,14H,6-7H2,1-5H3;1-2H3;1H4. The fraction of sp³-hybridized carbons (Fsp3) is 1.00. The minimum absolute atomic E-state index is 0. The molecule has 1 aliphatic heterocycles. The Morgan fingerprint density at radius 3 is 2.29 bits per heavy atom. The number of ether oxygens (including phenoxy) is 4. The second-order valence-corrected chi connectivity index (χ2v) is 6.04. The Hall–Kier alpha value is -0.200. The highest BCUT2D eigenvalue weighted by molar-refractivity contribution is 4.97. The molecule has 128 valence electrons. The van der Waals surface area contributed by atoms with Gasteiger partial charge in [-0.05, 0) is 34.1 Å². The van der Waals surface area contributed by atoms with Crippen LogP contribution in [0.3, 0.4) is 0 Å². The summed E-state index contributed by atoms with van der Waals surface area (Å²) in [5, 5.41) is 10.2. The molecule has 1 saturated carbocycles. The molecule has 0 bridgehead atoms. The number of aliphatic hydroxyl groups is 1. The summed E-state index contributed by atoms with van der Waals surface area (Å²) in [6.07, 6.45) is -0.0485. The van der Waals surface area contributed by atoms with Crippen LogP contribution < -0.4 is 0 Å². The van der Waals surface area contributed by atoms with E-state index < -0.39 is 17.7 Å². The molecule has 1 aliphatic carbocycles. The lowest BCUT2D eigenvalue weighted by molar-refractivity contribution is -0.214. The van der Waals surface area contributed by atoms with Crippen LogP contribution in [0.15, 0.2) is 0 Å². The summed E-state index contributed by atoms with van der Waals surface area (Å²) in [6, 6.07) is 0. The first-order valence-electron chi connectivity index (χ1n) is 7.47. The molecule has 0 amide bonds. The van der Waals surface area contributed by atoms with Gasteiger partial charge in [-0.1, -0.05) is 21.3 Å². The molecule has 0 aromatic carbocycles. The molecule has 5 nitrogen and oxygen atoms in total. The third-order valence-corrected chi connectivity index (χ3v) is 3.71. The summed E-state index contributed by atoms with van der Waals surface area (Å²) in [6.45, 7) is 11.9. The SMILES string of the molecule is C.CC.COC(C)(C)OCC1CC2OC(C)(C)OC2C1O. The number of fused-ring (bicyclic) bond motifs is 1. The van der Waals surface area contributed by atoms with E-state index in [0.29, 0.717) is 6.61 Å². The van der Waals surface area contributed by atoms with E-state index in [0.717, 1.165) is 6.42 Å². The average Bonchev–Trinajstić information content (AvgIpc) is 2.84. The van der Waals surface area contributed by atoms with E-state index in [2.05, 4.69) is 0 Å². The molecule has 0 radical (unpaired) electrons. The zero-order valence-electron chi connectivity index (χ0n) is 13.8. The van der Waals surface area contributed by atoms with Gasteiger partial charge in [-0.3, -0.25) is 0 Å². The number of aliphatic hydroxyl groups excluding tert-OH is 1. The van der Waals surface area contributed by atoms with Gasteiger partial charge in [-0.2, -0.15) is 0 Å². The molecule has 0 aromatic rings. The number of hydrogen-bond donors (Lipinski definition) is 1. The van der Waals surface area contributed by atoms with Crippen molar-refractivity contribution in [2.24, 2.45) is 5.92 Å². The Balaban J connectivity index is 0.00000128. The maximum atomic E-state index is 10.2. The fourth-order valence-corrected chi connectivity index (χ4v) is 2.57. The minimum atomic E-state index is -0.627. The molecule has 2 rings (SSSR count). The first-order chi connectivity index (χ1) is 9.24. The smallest absolute Gasteiger partial charge is 0.163 e. The Morgan fingerprint density at radius 2 is 1.81 bits per heavy atom. The van der Waals surface area contributed by atoms with E-state index in [1.54, 1.807) is 7.11 Å². The van der Waals surface area contributed by atoms with Gasteiger partial charge in [0.05, 0.1) is 18.8 Å². The number of hydrogen-bond acceptors (Lipinski definition) is 5. The zero-order chi connectivity index (χ0) is 15.6. The van der Waals surface area contributed by atoms with Crippen molar-refractivity contribution in [2.45, 2.75) is 85.3 Å². The third kappa shape index (κ3) is 5.18. The van der Waals surface area contributed by atoms with Gasteiger partial charge in [0.15, 0.2) is 11.6 Å². The van der Waals surface area contributed by atoms with E-state index in [-0.39, 0.29) is 25.6 Å². The van der Waals surface area contributed by atoms with Crippen LogP contribution in [0.1, 0.15) is 55.4 Å². The highest BCUT2D eigenvalue weighted by atomic mass is 16.8. The van der Waals surface area contributed by atoms with Gasteiger partial charge in [-0.15, -0.1) is 0 Å². The second-order valence-electron chi connectivity index (χ2n) is 6.04. The van der Waals surface area contributed by atoms with E-state index in [1.807, 2.05) is 41.5 Å². The molecule has 5 heteroatoms. The van der Waals surface area contributed by atoms with Crippen molar-refractivity contribution in [3.63, 3.8) is 0 Å². The van der Waals surface area contributed by atoms with Gasteiger partial charge in [0.1, 0.15) is 6.10 Å². The molecular formula is C16H34O5. The summed E-state index contributed by atoms with van der Waals surface area (Å²) in [4.78, 5) is 0. The molecule has 1 N–H and O–H groups in total. The third-order valence-electron chi connectivity index (χ3n) is 3.71. The zero-order valence-corrected chi connectivity index (χ0v) is 13.8. The van der Waals surface area contributed by atoms with Crippen LogP contribution in [0.2, 0.25) is 0 Å². The maximum Gasteiger partial charge on any atom is 0.163 e. The monoisotopic (exact) mass is 306 g/mol. The summed E-state index contributed by atoms with van der Waals surface area (Å²) < 4.78 is 22.3. The van der Waals surface area contributed by atoms with Crippen LogP contribution in [0.25, 0.3) is 0 Å². The van der Waals surface area contributed by atoms with Crippen LogP contribution in [-0.2, 0) is 18.9 Å². The Kier molecular flexibility index (Phi) is 7.81. The molecular weight excluding hydrogens is 272 g/mol. The minimum Gasteiger partial charge on any atom is -0.390 e. The number of rotatable bonds is 4. The van der Waals surface area contributed by atoms with Crippen LogP contribution in [0.5, 0.6) is 0 Å². The lowest BCUT2D eigenvalue weighted by Gasteiger charge is -2.28. The molecule has 21 heavy (non-hydrogen) atoms. The van der Waals surface area contributed by atoms with Gasteiger partial charge in [0.25, 0.3) is 0 Å². The predicted octanol–water partition coefficient (Wildman–Crippen LogP) is 2.95. The van der Waals surface area contributed by atoms with Gasteiger partial charge >= 0.3 is 0 Å². The summed E-state index contributed by atoms with van der Waals surface area (Å²) >= 11 is 0. The molecule has 0 aromatic heterocycles. The van der Waals surface area contributed by atoms with Crippen molar-refractivity contribution in [1.29, 1.82) is 0 Å². The van der Waals surface area contributed by atoms with E-state index in [9.17, 15) is 5.11 Å². The first-order valence-corrected chi connectivity index (χ1v) is 7.47.